The van der Waals surface area contributed by atoms with Crippen LogP contribution in [0.4, 0.5) is 5.69 Å². The average molecular weight is 575 g/mol. The molecule has 1 amide bonds. The lowest BCUT2D eigenvalue weighted by Gasteiger charge is -2.11. The molecule has 0 bridgehead atoms. The Morgan fingerprint density at radius 3 is 2.67 bits per heavy atom. The van der Waals surface area contributed by atoms with Gasteiger partial charge in [-0.05, 0) is 36.4 Å². The van der Waals surface area contributed by atoms with Crippen LogP contribution in [-0.2, 0) is 6.61 Å². The molecule has 4 aromatic carbocycles. The van der Waals surface area contributed by atoms with E-state index in [4.69, 9.17) is 16.3 Å². The monoisotopic (exact) mass is 574 g/mol. The van der Waals surface area contributed by atoms with Crippen molar-refractivity contribution >= 4 is 62.7 Å². The third-order valence-corrected chi connectivity index (χ3v) is 8.03. The van der Waals surface area contributed by atoms with Crippen molar-refractivity contribution in [3.8, 4) is 5.75 Å². The largest absolute Gasteiger partial charge is 0.488 e. The molecule has 0 atom stereocenters. The number of ether oxygens (including phenoxy) is 1. The number of nitrogens with one attached hydrogen (secondary N) is 1. The zero-order valence-electron chi connectivity index (χ0n) is 20.1. The van der Waals surface area contributed by atoms with Crippen LogP contribution in [0.25, 0.3) is 10.2 Å². The molecule has 11 heteroatoms. The van der Waals surface area contributed by atoms with Crippen molar-refractivity contribution < 1.29 is 14.5 Å². The Kier molecular flexibility index (Phi) is 8.16. The van der Waals surface area contributed by atoms with Gasteiger partial charge in [0, 0.05) is 22.2 Å². The van der Waals surface area contributed by atoms with Crippen LogP contribution >= 0.6 is 34.7 Å². The van der Waals surface area contributed by atoms with E-state index in [1.165, 1.54) is 35.4 Å². The van der Waals surface area contributed by atoms with Gasteiger partial charge in [0.15, 0.2) is 4.34 Å². The number of nitrogens with zero attached hydrogens (tertiary/aromatic N) is 3. The molecule has 0 aliphatic carbocycles. The molecule has 0 spiro atoms. The predicted molar refractivity (Wildman–Crippen MR) is 154 cm³/mol. The smallest absolute Gasteiger partial charge is 0.283 e. The minimum Gasteiger partial charge on any atom is -0.488 e. The number of halogens is 1. The summed E-state index contributed by atoms with van der Waals surface area (Å²) in [4.78, 5) is 29.1. The third-order valence-electron chi connectivity index (χ3n) is 5.50. The van der Waals surface area contributed by atoms with Gasteiger partial charge in [0.2, 0.25) is 0 Å². The first-order valence-electron chi connectivity index (χ1n) is 11.6. The summed E-state index contributed by atoms with van der Waals surface area (Å²) < 4.78 is 7.56. The standard InChI is InChI=1S/C28H19ClN4O4S2/c29-21-9-3-1-7-19(21)17-37-24-11-5-2-8-20(24)27(34)32-30-16-18-13-14-26(23(15-18)33(35)36)39-28-31-22-10-4-6-12-25(22)38-28/h1-16H,17H2,(H,32,34)/b30-16+. The van der Waals surface area contributed by atoms with Gasteiger partial charge >= 0.3 is 0 Å². The summed E-state index contributed by atoms with van der Waals surface area (Å²) in [7, 11) is 0. The molecule has 194 valence electrons. The fourth-order valence-electron chi connectivity index (χ4n) is 3.61. The summed E-state index contributed by atoms with van der Waals surface area (Å²) in [6.07, 6.45) is 1.35. The molecular formula is C28H19ClN4O4S2. The fourth-order valence-corrected chi connectivity index (χ4v) is 5.91. The molecule has 8 nitrogen and oxygen atoms in total. The number of nitro benzene ring substituents is 1. The van der Waals surface area contributed by atoms with Gasteiger partial charge in [-0.2, -0.15) is 5.10 Å². The summed E-state index contributed by atoms with van der Waals surface area (Å²) in [5.41, 5.74) is 4.77. The second kappa shape index (κ2) is 12.1. The number of amides is 1. The molecule has 1 heterocycles. The molecule has 0 aliphatic heterocycles. The van der Waals surface area contributed by atoms with Gasteiger partial charge in [-0.3, -0.25) is 14.9 Å². The Labute approximate surface area is 236 Å². The second-order valence-electron chi connectivity index (χ2n) is 8.11. The Balaban J connectivity index is 1.27. The van der Waals surface area contributed by atoms with E-state index in [2.05, 4.69) is 15.5 Å². The first-order valence-corrected chi connectivity index (χ1v) is 13.6. The second-order valence-corrected chi connectivity index (χ2v) is 10.8. The summed E-state index contributed by atoms with van der Waals surface area (Å²) in [6, 6.07) is 26.5. The number of hydrazone groups is 1. The molecule has 0 saturated carbocycles. The molecule has 0 saturated heterocycles. The Hall–Kier alpha value is -4.25. The van der Waals surface area contributed by atoms with E-state index in [1.807, 2.05) is 42.5 Å². The quantitative estimate of drug-likeness (QED) is 0.112. The molecule has 5 aromatic rings. The summed E-state index contributed by atoms with van der Waals surface area (Å²) in [5.74, 6) is -0.115. The first-order chi connectivity index (χ1) is 19.0. The minimum atomic E-state index is -0.487. The molecule has 0 radical (unpaired) electrons. The average Bonchev–Trinajstić information content (AvgIpc) is 3.36. The van der Waals surface area contributed by atoms with Crippen LogP contribution in [0.2, 0.25) is 5.02 Å². The highest BCUT2D eigenvalue weighted by Crippen LogP contribution is 2.38. The topological polar surface area (TPSA) is 107 Å². The number of benzene rings is 4. The van der Waals surface area contributed by atoms with Crippen LogP contribution in [-0.4, -0.2) is 22.0 Å². The number of hydrogen-bond donors (Lipinski definition) is 1. The van der Waals surface area contributed by atoms with Crippen LogP contribution in [0.5, 0.6) is 5.75 Å². The summed E-state index contributed by atoms with van der Waals surface area (Å²) in [6.45, 7) is 0.193. The molecule has 0 fully saturated rings. The number of para-hydroxylation sites is 2. The van der Waals surface area contributed by atoms with Crippen LogP contribution < -0.4 is 10.2 Å². The summed E-state index contributed by atoms with van der Waals surface area (Å²) in [5, 5.41) is 16.3. The summed E-state index contributed by atoms with van der Waals surface area (Å²) >= 11 is 8.90. The van der Waals surface area contributed by atoms with E-state index >= 15 is 0 Å². The van der Waals surface area contributed by atoms with E-state index in [-0.39, 0.29) is 17.9 Å². The lowest BCUT2D eigenvalue weighted by atomic mass is 10.2. The van der Waals surface area contributed by atoms with Gasteiger partial charge in [0.05, 0.1) is 31.8 Å². The highest BCUT2D eigenvalue weighted by Gasteiger charge is 2.18. The SMILES string of the molecule is O=C(N/N=C/c1ccc(Sc2nc3ccccc3s2)c([N+](=O)[O-])c1)c1ccccc1OCc1ccccc1Cl. The number of thiazole rings is 1. The van der Waals surface area contributed by atoms with Crippen LogP contribution in [0.3, 0.4) is 0 Å². The molecule has 0 unspecified atom stereocenters. The lowest BCUT2D eigenvalue weighted by Crippen LogP contribution is -2.18. The maximum Gasteiger partial charge on any atom is 0.283 e. The zero-order valence-corrected chi connectivity index (χ0v) is 22.5. The third kappa shape index (κ3) is 6.43. The van der Waals surface area contributed by atoms with E-state index in [0.29, 0.717) is 25.6 Å². The van der Waals surface area contributed by atoms with Gasteiger partial charge in [-0.1, -0.05) is 71.9 Å². The maximum atomic E-state index is 12.8. The van der Waals surface area contributed by atoms with Crippen LogP contribution in [0.1, 0.15) is 21.5 Å². The molecule has 39 heavy (non-hydrogen) atoms. The van der Waals surface area contributed by atoms with Gasteiger partial charge < -0.3 is 4.74 Å². The first kappa shape index (κ1) is 26.4. The van der Waals surface area contributed by atoms with Crippen molar-refractivity contribution in [2.45, 2.75) is 15.8 Å². The predicted octanol–water partition coefficient (Wildman–Crippen LogP) is 7.35. The van der Waals surface area contributed by atoms with E-state index in [1.54, 1.807) is 42.5 Å². The maximum absolute atomic E-state index is 12.8. The zero-order chi connectivity index (χ0) is 27.2. The lowest BCUT2D eigenvalue weighted by molar-refractivity contribution is -0.387. The number of nitro groups is 1. The van der Waals surface area contributed by atoms with Crippen molar-refractivity contribution in [2.24, 2.45) is 5.10 Å². The Bertz CT molecular complexity index is 1670. The van der Waals surface area contributed by atoms with E-state index < -0.39 is 10.8 Å². The number of hydrogen-bond acceptors (Lipinski definition) is 8. The number of aromatic nitrogens is 1. The molecule has 5 rings (SSSR count). The number of rotatable bonds is 9. The Morgan fingerprint density at radius 2 is 1.85 bits per heavy atom. The minimum absolute atomic E-state index is 0.0761. The highest BCUT2D eigenvalue weighted by atomic mass is 35.5. The van der Waals surface area contributed by atoms with Gasteiger partial charge in [-0.15, -0.1) is 11.3 Å². The molecule has 1 aromatic heterocycles. The fraction of sp³-hybridized carbons (Fsp3) is 0.0357. The normalized spacial score (nSPS) is 11.1. The Morgan fingerprint density at radius 1 is 1.08 bits per heavy atom. The number of carbonyl (C=O) groups excluding carboxylic acids is 1. The molecule has 1 N–H and O–H groups in total. The van der Waals surface area contributed by atoms with Crippen LogP contribution in [0, 0.1) is 10.1 Å². The highest BCUT2D eigenvalue weighted by molar-refractivity contribution is 8.01. The van der Waals surface area contributed by atoms with Gasteiger partial charge in [0.1, 0.15) is 12.4 Å². The van der Waals surface area contributed by atoms with E-state index in [0.717, 1.165) is 15.8 Å². The van der Waals surface area contributed by atoms with Crippen LogP contribution in [0.15, 0.2) is 105 Å². The number of fused-ring (bicyclic) bond motifs is 1. The van der Waals surface area contributed by atoms with Crippen molar-refractivity contribution in [2.75, 3.05) is 0 Å². The molecular weight excluding hydrogens is 556 g/mol. The number of carbonyl (C=O) groups is 1. The van der Waals surface area contributed by atoms with Crippen molar-refractivity contribution in [1.29, 1.82) is 0 Å². The van der Waals surface area contributed by atoms with Crippen molar-refractivity contribution in [1.82, 2.24) is 10.4 Å². The van der Waals surface area contributed by atoms with Crippen molar-refractivity contribution in [3.63, 3.8) is 0 Å². The van der Waals surface area contributed by atoms with Gasteiger partial charge in [-0.25, -0.2) is 10.4 Å². The molecule has 0 aliphatic rings. The van der Waals surface area contributed by atoms with Crippen molar-refractivity contribution in [3.05, 3.63) is 123 Å². The van der Waals surface area contributed by atoms with E-state index in [9.17, 15) is 14.9 Å². The van der Waals surface area contributed by atoms with Gasteiger partial charge in [0.25, 0.3) is 11.6 Å².